The number of sulfonamides is 2. The second-order valence-corrected chi connectivity index (χ2v) is 7.28. The van der Waals surface area contributed by atoms with Crippen molar-refractivity contribution in [1.82, 2.24) is 4.72 Å². The molecule has 1 aromatic carbocycles. The van der Waals surface area contributed by atoms with E-state index in [1.165, 1.54) is 12.1 Å². The Morgan fingerprint density at radius 2 is 1.83 bits per heavy atom. The van der Waals surface area contributed by atoms with Gasteiger partial charge in [0.1, 0.15) is 0 Å². The Morgan fingerprint density at radius 3 is 2.33 bits per heavy atom. The molecular formula is C9H15N3O4S2. The van der Waals surface area contributed by atoms with Gasteiger partial charge >= 0.3 is 0 Å². The number of benzene rings is 1. The highest BCUT2D eigenvalue weighted by Crippen LogP contribution is 2.16. The molecule has 0 unspecified atom stereocenters. The van der Waals surface area contributed by atoms with Crippen molar-refractivity contribution in [3.8, 4) is 0 Å². The number of nitrogen functional groups attached to an aromatic ring is 1. The van der Waals surface area contributed by atoms with Crippen molar-refractivity contribution < 1.29 is 16.8 Å². The zero-order valence-corrected chi connectivity index (χ0v) is 11.4. The third-order valence-corrected chi connectivity index (χ3v) is 4.47. The molecule has 1 aromatic rings. The van der Waals surface area contributed by atoms with Gasteiger partial charge in [-0.3, -0.25) is 0 Å². The molecule has 18 heavy (non-hydrogen) atoms. The molecular weight excluding hydrogens is 278 g/mol. The molecule has 0 amide bonds. The minimum atomic E-state index is -3.77. The molecule has 9 heteroatoms. The number of hydrogen-bond acceptors (Lipinski definition) is 5. The van der Waals surface area contributed by atoms with E-state index in [9.17, 15) is 16.8 Å². The molecule has 0 aromatic heterocycles. The summed E-state index contributed by atoms with van der Waals surface area (Å²) in [6.45, 7) is 1.47. The van der Waals surface area contributed by atoms with E-state index in [1.54, 1.807) is 13.0 Å². The zero-order valence-electron chi connectivity index (χ0n) is 9.75. The number of aryl methyl sites for hydroxylation is 1. The summed E-state index contributed by atoms with van der Waals surface area (Å²) in [5.41, 5.74) is 6.72. The van der Waals surface area contributed by atoms with Crippen molar-refractivity contribution >= 4 is 25.7 Å². The van der Waals surface area contributed by atoms with Gasteiger partial charge in [-0.15, -0.1) is 0 Å². The molecule has 0 aliphatic carbocycles. The normalized spacial score (nSPS) is 12.6. The van der Waals surface area contributed by atoms with Crippen LogP contribution in [0, 0.1) is 6.92 Å². The first-order valence-electron chi connectivity index (χ1n) is 4.98. The smallest absolute Gasteiger partial charge is 0.240 e. The molecule has 0 atom stereocenters. The number of nitrogens with one attached hydrogen (secondary N) is 1. The topological polar surface area (TPSA) is 132 Å². The van der Waals surface area contributed by atoms with Gasteiger partial charge in [-0.25, -0.2) is 26.7 Å². The number of rotatable bonds is 5. The average Bonchev–Trinajstić information content (AvgIpc) is 2.19. The molecule has 0 aliphatic heterocycles. The van der Waals surface area contributed by atoms with E-state index in [0.29, 0.717) is 5.69 Å². The van der Waals surface area contributed by atoms with Crippen LogP contribution >= 0.6 is 0 Å². The zero-order chi connectivity index (χ0) is 14.0. The molecule has 0 heterocycles. The fourth-order valence-corrected chi connectivity index (χ4v) is 2.77. The van der Waals surface area contributed by atoms with Gasteiger partial charge in [0.15, 0.2) is 0 Å². The van der Waals surface area contributed by atoms with Crippen molar-refractivity contribution in [2.45, 2.75) is 11.8 Å². The maximum absolute atomic E-state index is 11.8. The minimum Gasteiger partial charge on any atom is -0.398 e. The minimum absolute atomic E-state index is 0.0139. The van der Waals surface area contributed by atoms with Gasteiger partial charge in [-0.2, -0.15) is 0 Å². The van der Waals surface area contributed by atoms with Gasteiger partial charge < -0.3 is 5.73 Å². The lowest BCUT2D eigenvalue weighted by molar-refractivity contribution is 0.581. The van der Waals surface area contributed by atoms with Crippen LogP contribution in [-0.4, -0.2) is 29.1 Å². The lowest BCUT2D eigenvalue weighted by Gasteiger charge is -2.08. The fraction of sp³-hybridized carbons (Fsp3) is 0.333. The van der Waals surface area contributed by atoms with Gasteiger partial charge in [-0.05, 0) is 24.6 Å². The van der Waals surface area contributed by atoms with Crippen molar-refractivity contribution in [2.24, 2.45) is 5.14 Å². The van der Waals surface area contributed by atoms with Crippen molar-refractivity contribution in [1.29, 1.82) is 0 Å². The van der Waals surface area contributed by atoms with E-state index in [2.05, 4.69) is 4.72 Å². The first kappa shape index (κ1) is 14.9. The highest BCUT2D eigenvalue weighted by atomic mass is 32.2. The summed E-state index contributed by atoms with van der Waals surface area (Å²) < 4.78 is 47.0. The molecule has 0 radical (unpaired) electrons. The average molecular weight is 293 g/mol. The second kappa shape index (κ2) is 5.22. The van der Waals surface area contributed by atoms with E-state index in [-0.39, 0.29) is 11.4 Å². The van der Waals surface area contributed by atoms with Crippen LogP contribution in [0.3, 0.4) is 0 Å². The Labute approximate surface area is 106 Å². The Bertz CT molecular complexity index is 638. The largest absolute Gasteiger partial charge is 0.398 e. The van der Waals surface area contributed by atoms with E-state index >= 15 is 0 Å². The van der Waals surface area contributed by atoms with Crippen LogP contribution in [0.25, 0.3) is 0 Å². The molecule has 0 spiro atoms. The van der Waals surface area contributed by atoms with E-state index in [1.807, 2.05) is 0 Å². The lowest BCUT2D eigenvalue weighted by atomic mass is 10.2. The Morgan fingerprint density at radius 1 is 1.22 bits per heavy atom. The van der Waals surface area contributed by atoms with E-state index in [0.717, 1.165) is 5.56 Å². The van der Waals surface area contributed by atoms with Crippen LogP contribution in [0.15, 0.2) is 23.1 Å². The molecule has 5 N–H and O–H groups in total. The van der Waals surface area contributed by atoms with Gasteiger partial charge in [0, 0.05) is 12.2 Å². The van der Waals surface area contributed by atoms with E-state index in [4.69, 9.17) is 10.9 Å². The third-order valence-electron chi connectivity index (χ3n) is 2.24. The molecule has 0 aliphatic rings. The number of primary sulfonamides is 1. The summed E-state index contributed by atoms with van der Waals surface area (Å²) in [6, 6.07) is 4.28. The molecule has 0 saturated heterocycles. The highest BCUT2D eigenvalue weighted by molar-refractivity contribution is 7.90. The summed E-state index contributed by atoms with van der Waals surface area (Å²) in [6.07, 6.45) is 0. The number of nitrogens with two attached hydrogens (primary N) is 2. The quantitative estimate of drug-likeness (QED) is 0.608. The first-order valence-corrected chi connectivity index (χ1v) is 8.18. The van der Waals surface area contributed by atoms with Crippen molar-refractivity contribution in [3.05, 3.63) is 23.8 Å². The predicted octanol–water partition coefficient (Wildman–Crippen LogP) is -0.856. The van der Waals surface area contributed by atoms with Crippen molar-refractivity contribution in [3.63, 3.8) is 0 Å². The second-order valence-electron chi connectivity index (χ2n) is 3.78. The summed E-state index contributed by atoms with van der Waals surface area (Å²) in [7, 11) is -7.47. The van der Waals surface area contributed by atoms with Crippen LogP contribution in [0.1, 0.15) is 5.56 Å². The van der Waals surface area contributed by atoms with Gasteiger partial charge in [0.05, 0.1) is 10.6 Å². The van der Waals surface area contributed by atoms with Crippen molar-refractivity contribution in [2.75, 3.05) is 18.0 Å². The van der Waals surface area contributed by atoms with Crippen LogP contribution in [0.2, 0.25) is 0 Å². The maximum atomic E-state index is 11.8. The first-order chi connectivity index (χ1) is 8.12. The van der Waals surface area contributed by atoms with Crippen LogP contribution in [0.4, 0.5) is 5.69 Å². The monoisotopic (exact) mass is 293 g/mol. The lowest BCUT2D eigenvalue weighted by Crippen LogP contribution is -2.31. The predicted molar refractivity (Wildman–Crippen MR) is 68.8 cm³/mol. The standard InChI is InChI=1S/C9H15N3O4S2/c1-7-2-3-8(6-9(7)10)18(15,16)12-4-5-17(11,13)14/h2-3,6,12H,4-5,10H2,1H3,(H2,11,13,14). The van der Waals surface area contributed by atoms with Gasteiger partial charge in [0.25, 0.3) is 0 Å². The van der Waals surface area contributed by atoms with Gasteiger partial charge in [0.2, 0.25) is 20.0 Å². The van der Waals surface area contributed by atoms with E-state index < -0.39 is 25.8 Å². The third kappa shape index (κ3) is 4.26. The fourth-order valence-electron chi connectivity index (χ4n) is 1.19. The molecule has 0 bridgehead atoms. The van der Waals surface area contributed by atoms with Crippen LogP contribution < -0.4 is 15.6 Å². The highest BCUT2D eigenvalue weighted by Gasteiger charge is 2.15. The summed E-state index contributed by atoms with van der Waals surface area (Å²) in [5.74, 6) is -0.465. The Kier molecular flexibility index (Phi) is 4.32. The molecule has 0 saturated carbocycles. The number of hydrogen-bond donors (Lipinski definition) is 3. The molecule has 7 nitrogen and oxygen atoms in total. The molecule has 102 valence electrons. The maximum Gasteiger partial charge on any atom is 0.240 e. The molecule has 1 rings (SSSR count). The summed E-state index contributed by atoms with van der Waals surface area (Å²) >= 11 is 0. The SMILES string of the molecule is Cc1ccc(S(=O)(=O)NCCS(N)(=O)=O)cc1N. The number of anilines is 1. The summed E-state index contributed by atoms with van der Waals surface area (Å²) in [4.78, 5) is -0.0139. The van der Waals surface area contributed by atoms with Crippen LogP contribution in [-0.2, 0) is 20.0 Å². The van der Waals surface area contributed by atoms with Gasteiger partial charge in [-0.1, -0.05) is 6.07 Å². The summed E-state index contributed by atoms with van der Waals surface area (Å²) in [5, 5.41) is 4.76. The molecule has 0 fully saturated rings. The Hall–Kier alpha value is -1.16. The van der Waals surface area contributed by atoms with Crippen LogP contribution in [0.5, 0.6) is 0 Å². The Balaban J connectivity index is 2.84.